The van der Waals surface area contributed by atoms with E-state index in [1.807, 2.05) is 10.7 Å². The van der Waals surface area contributed by atoms with Crippen LogP contribution >= 0.6 is 34.2 Å². The van der Waals surface area contributed by atoms with Crippen molar-refractivity contribution in [3.8, 4) is 0 Å². The topological polar surface area (TPSA) is 33.2 Å². The van der Waals surface area contributed by atoms with E-state index in [-0.39, 0.29) is 0 Å². The minimum Gasteiger partial charge on any atom is -0.257 e. The lowest BCUT2D eigenvalue weighted by Gasteiger charge is -2.05. The monoisotopic (exact) mass is 377 g/mol. The number of hydrogen-bond acceptors (Lipinski definition) is 2. The Morgan fingerprint density at radius 2 is 2.33 bits per heavy atom. The zero-order valence-corrected chi connectivity index (χ0v) is 13.1. The molecule has 0 radical (unpaired) electrons. The van der Waals surface area contributed by atoms with Gasteiger partial charge in [-0.05, 0) is 47.5 Å². The zero-order valence-electron chi connectivity index (χ0n) is 10.2. The van der Waals surface area contributed by atoms with Gasteiger partial charge in [0.1, 0.15) is 9.62 Å². The second kappa shape index (κ2) is 4.92. The Labute approximate surface area is 125 Å². The van der Waals surface area contributed by atoms with Gasteiger partial charge in [-0.15, -0.1) is 0 Å². The van der Waals surface area contributed by atoms with Crippen LogP contribution in [-0.4, -0.2) is 32.9 Å². The molecule has 1 atom stereocenters. The van der Waals surface area contributed by atoms with Crippen molar-refractivity contribution in [2.45, 2.75) is 26.3 Å². The molecular formula is C12H15ClIN4+. The molecule has 1 aliphatic carbocycles. The lowest BCUT2D eigenvalue weighted by Crippen LogP contribution is -2.19. The molecule has 0 saturated heterocycles. The Hall–Kier alpha value is -0.430. The lowest BCUT2D eigenvalue weighted by molar-refractivity contribution is -0.529. The molecule has 0 N–H and O–H groups in total. The summed E-state index contributed by atoms with van der Waals surface area (Å²) in [5.41, 5.74) is 1.16. The Balaban J connectivity index is 1.71. The van der Waals surface area contributed by atoms with E-state index >= 15 is 0 Å². The van der Waals surface area contributed by atoms with Crippen molar-refractivity contribution in [3.63, 3.8) is 0 Å². The van der Waals surface area contributed by atoms with Gasteiger partial charge in [0.05, 0.1) is 12.3 Å². The molecule has 96 valence electrons. The minimum absolute atomic E-state index is 0.341. The summed E-state index contributed by atoms with van der Waals surface area (Å²) < 4.78 is 5.12. The van der Waals surface area contributed by atoms with E-state index in [4.69, 9.17) is 11.6 Å². The second-order valence-corrected chi connectivity index (χ2v) is 6.53. The van der Waals surface area contributed by atoms with E-state index in [0.717, 1.165) is 28.4 Å². The van der Waals surface area contributed by atoms with Gasteiger partial charge >= 0.3 is 0 Å². The molecule has 0 amide bonds. The number of halogens is 2. The van der Waals surface area contributed by atoms with Gasteiger partial charge in [0.2, 0.25) is 0 Å². The van der Waals surface area contributed by atoms with Crippen molar-refractivity contribution in [3.05, 3.63) is 14.9 Å². The molecule has 6 heteroatoms. The van der Waals surface area contributed by atoms with Gasteiger partial charge in [0, 0.05) is 12.0 Å². The van der Waals surface area contributed by atoms with Gasteiger partial charge in [-0.2, -0.15) is 5.10 Å². The Kier molecular flexibility index (Phi) is 3.44. The van der Waals surface area contributed by atoms with Gasteiger partial charge in [-0.25, -0.2) is 0 Å². The normalized spacial score (nSPS) is 23.2. The van der Waals surface area contributed by atoms with Crippen LogP contribution in [0.1, 0.15) is 19.8 Å². The molecule has 1 aromatic heterocycles. The lowest BCUT2D eigenvalue weighted by atomic mass is 10.1. The standard InChI is InChI=1S/C12H15ClIN4/c1-8-10(6-17(15-8)5-9-2-3-9)7-18-12(14)4-11(13)16-18/h4,6,9-10H,2-3,5,7H2,1H3/q+1. The molecular weight excluding hydrogens is 363 g/mol. The summed E-state index contributed by atoms with van der Waals surface area (Å²) in [6, 6.07) is 1.88. The van der Waals surface area contributed by atoms with E-state index in [9.17, 15) is 0 Å². The average molecular weight is 378 g/mol. The maximum absolute atomic E-state index is 5.91. The summed E-state index contributed by atoms with van der Waals surface area (Å²) in [6.07, 6.45) is 4.94. The highest BCUT2D eigenvalue weighted by Crippen LogP contribution is 2.29. The second-order valence-electron chi connectivity index (χ2n) is 5.03. The number of hydrogen-bond donors (Lipinski definition) is 0. The molecule has 1 unspecified atom stereocenters. The van der Waals surface area contributed by atoms with Crippen LogP contribution in [0.2, 0.25) is 5.15 Å². The van der Waals surface area contributed by atoms with Crippen molar-refractivity contribution >= 4 is 46.1 Å². The van der Waals surface area contributed by atoms with Crippen molar-refractivity contribution in [2.75, 3.05) is 6.54 Å². The molecule has 2 aliphatic rings. The summed E-state index contributed by atoms with van der Waals surface area (Å²) in [4.78, 5) is 0. The van der Waals surface area contributed by atoms with Crippen LogP contribution in [0.15, 0.2) is 11.2 Å². The SMILES string of the molecule is CC1=N[N+](CC2CC2)=CC1Cn1nc(Cl)cc1I. The molecule has 2 heterocycles. The van der Waals surface area contributed by atoms with Crippen molar-refractivity contribution in [1.29, 1.82) is 0 Å². The molecule has 0 bridgehead atoms. The fraction of sp³-hybridized carbons (Fsp3) is 0.583. The first kappa shape index (κ1) is 12.6. The Morgan fingerprint density at radius 3 is 2.94 bits per heavy atom. The first-order valence-electron chi connectivity index (χ1n) is 6.17. The predicted octanol–water partition coefficient (Wildman–Crippen LogP) is 2.64. The van der Waals surface area contributed by atoms with Crippen LogP contribution in [0.5, 0.6) is 0 Å². The van der Waals surface area contributed by atoms with Crippen LogP contribution in [0, 0.1) is 15.5 Å². The van der Waals surface area contributed by atoms with Crippen molar-refractivity contribution in [2.24, 2.45) is 16.9 Å². The van der Waals surface area contributed by atoms with E-state index in [1.165, 1.54) is 12.8 Å². The molecule has 3 rings (SSSR count). The van der Waals surface area contributed by atoms with E-state index in [2.05, 4.69) is 50.6 Å². The van der Waals surface area contributed by atoms with Gasteiger partial charge < -0.3 is 0 Å². The molecule has 18 heavy (non-hydrogen) atoms. The molecule has 1 saturated carbocycles. The molecule has 1 aromatic rings. The number of rotatable bonds is 4. The predicted molar refractivity (Wildman–Crippen MR) is 80.5 cm³/mol. The Bertz CT molecular complexity index is 530. The highest BCUT2D eigenvalue weighted by atomic mass is 127. The minimum atomic E-state index is 0.341. The molecule has 1 fully saturated rings. The number of nitrogens with zero attached hydrogens (tertiary/aromatic N) is 4. The van der Waals surface area contributed by atoms with E-state index < -0.39 is 0 Å². The van der Waals surface area contributed by atoms with E-state index in [1.54, 1.807) is 0 Å². The van der Waals surface area contributed by atoms with Crippen LogP contribution < -0.4 is 0 Å². The van der Waals surface area contributed by atoms with Gasteiger partial charge in [0.15, 0.2) is 17.9 Å². The van der Waals surface area contributed by atoms with Gasteiger partial charge in [-0.1, -0.05) is 16.3 Å². The van der Waals surface area contributed by atoms with Crippen molar-refractivity contribution < 1.29 is 4.68 Å². The quantitative estimate of drug-likeness (QED) is 0.586. The van der Waals surface area contributed by atoms with Gasteiger partial charge in [0.25, 0.3) is 0 Å². The maximum atomic E-state index is 5.91. The molecule has 0 aromatic carbocycles. The van der Waals surface area contributed by atoms with Crippen LogP contribution in [0.4, 0.5) is 0 Å². The molecule has 0 spiro atoms. The number of hydrazone groups is 1. The summed E-state index contributed by atoms with van der Waals surface area (Å²) >= 11 is 8.16. The average Bonchev–Trinajstić information content (AvgIpc) is 2.95. The first-order valence-corrected chi connectivity index (χ1v) is 7.63. The third-order valence-electron chi connectivity index (χ3n) is 3.39. The fourth-order valence-corrected chi connectivity index (χ4v) is 3.13. The molecule has 4 nitrogen and oxygen atoms in total. The summed E-state index contributed by atoms with van der Waals surface area (Å²) in [5, 5.41) is 9.45. The highest BCUT2D eigenvalue weighted by molar-refractivity contribution is 14.1. The van der Waals surface area contributed by atoms with E-state index in [0.29, 0.717) is 11.1 Å². The zero-order chi connectivity index (χ0) is 12.7. The van der Waals surface area contributed by atoms with Crippen LogP contribution in [0.3, 0.4) is 0 Å². The van der Waals surface area contributed by atoms with Crippen LogP contribution in [-0.2, 0) is 6.54 Å². The number of aromatic nitrogens is 2. The molecule has 1 aliphatic heterocycles. The third-order valence-corrected chi connectivity index (χ3v) is 4.44. The Morgan fingerprint density at radius 1 is 1.56 bits per heavy atom. The maximum Gasteiger partial charge on any atom is 0.183 e. The summed E-state index contributed by atoms with van der Waals surface area (Å²) in [6.45, 7) is 3.98. The van der Waals surface area contributed by atoms with Crippen LogP contribution in [0.25, 0.3) is 0 Å². The third kappa shape index (κ3) is 2.77. The summed E-state index contributed by atoms with van der Waals surface area (Å²) in [7, 11) is 0. The summed E-state index contributed by atoms with van der Waals surface area (Å²) in [5.74, 6) is 1.20. The smallest absolute Gasteiger partial charge is 0.183 e. The van der Waals surface area contributed by atoms with Crippen molar-refractivity contribution in [1.82, 2.24) is 9.78 Å². The largest absolute Gasteiger partial charge is 0.257 e. The first-order chi connectivity index (χ1) is 8.61. The fourth-order valence-electron chi connectivity index (χ4n) is 2.15. The highest BCUT2D eigenvalue weighted by Gasteiger charge is 2.32. The van der Waals surface area contributed by atoms with Gasteiger partial charge in [-0.3, -0.25) is 4.68 Å².